The third-order valence-corrected chi connectivity index (χ3v) is 5.73. The maximum Gasteiger partial charge on any atom is 0.238 e. The van der Waals surface area contributed by atoms with Crippen LogP contribution in [0.2, 0.25) is 0 Å². The van der Waals surface area contributed by atoms with Gasteiger partial charge >= 0.3 is 0 Å². The molecule has 3 rings (SSSR count). The van der Waals surface area contributed by atoms with Crippen molar-refractivity contribution in [3.05, 3.63) is 59.4 Å². The molecule has 0 aliphatic carbocycles. The van der Waals surface area contributed by atoms with Crippen molar-refractivity contribution in [2.75, 3.05) is 16.0 Å². The van der Waals surface area contributed by atoms with Crippen LogP contribution in [0.1, 0.15) is 42.7 Å². The molecule has 6 heteroatoms. The number of halogens is 1. The quantitative estimate of drug-likeness (QED) is 0.756. The molecule has 2 aromatic carbocycles. The average molecular weight is 386 g/mol. The van der Waals surface area contributed by atoms with Crippen molar-refractivity contribution in [3.63, 3.8) is 0 Å². The number of unbranched alkanes of at least 4 members (excludes halogenated alkanes) is 1. The predicted molar refractivity (Wildman–Crippen MR) is 108 cm³/mol. The first-order valence-electron chi connectivity index (χ1n) is 9.09. The molecule has 0 bridgehead atoms. The minimum atomic E-state index is -0.326. The van der Waals surface area contributed by atoms with Crippen LogP contribution >= 0.6 is 11.8 Å². The minimum Gasteiger partial charge on any atom is -0.326 e. The molecule has 1 heterocycles. The largest absolute Gasteiger partial charge is 0.326 e. The number of nitrogens with one attached hydrogen (secondary N) is 1. The van der Waals surface area contributed by atoms with Gasteiger partial charge in [0, 0.05) is 17.8 Å². The highest BCUT2D eigenvalue weighted by Crippen LogP contribution is 2.42. The fourth-order valence-corrected chi connectivity index (χ4v) is 4.18. The molecule has 142 valence electrons. The van der Waals surface area contributed by atoms with Gasteiger partial charge in [0.05, 0.1) is 5.75 Å². The smallest absolute Gasteiger partial charge is 0.238 e. The number of rotatable bonds is 6. The normalized spacial score (nSPS) is 16.6. The summed E-state index contributed by atoms with van der Waals surface area (Å²) in [5.41, 5.74) is 2.71. The summed E-state index contributed by atoms with van der Waals surface area (Å²) < 4.78 is 14.0. The van der Waals surface area contributed by atoms with Crippen LogP contribution in [0.4, 0.5) is 15.8 Å². The molecule has 1 N–H and O–H groups in total. The lowest BCUT2D eigenvalue weighted by Gasteiger charge is -2.25. The minimum absolute atomic E-state index is 0.0124. The predicted octanol–water partition coefficient (Wildman–Crippen LogP) is 5.04. The average Bonchev–Trinajstić information content (AvgIpc) is 3.04. The molecule has 1 atom stereocenters. The molecule has 0 saturated carbocycles. The second-order valence-corrected chi connectivity index (χ2v) is 7.71. The molecule has 4 nitrogen and oxygen atoms in total. The van der Waals surface area contributed by atoms with E-state index in [4.69, 9.17) is 0 Å². The van der Waals surface area contributed by atoms with E-state index >= 15 is 0 Å². The Morgan fingerprint density at radius 2 is 2.11 bits per heavy atom. The van der Waals surface area contributed by atoms with Gasteiger partial charge in [0.15, 0.2) is 0 Å². The van der Waals surface area contributed by atoms with Crippen molar-refractivity contribution in [2.24, 2.45) is 0 Å². The van der Waals surface area contributed by atoms with Gasteiger partial charge in [0.1, 0.15) is 11.2 Å². The van der Waals surface area contributed by atoms with Crippen LogP contribution in [0.25, 0.3) is 0 Å². The maximum atomic E-state index is 14.0. The number of hydrogen-bond donors (Lipinski definition) is 1. The number of benzene rings is 2. The summed E-state index contributed by atoms with van der Waals surface area (Å²) >= 11 is 1.50. The van der Waals surface area contributed by atoms with E-state index in [0.29, 0.717) is 29.1 Å². The van der Waals surface area contributed by atoms with Gasteiger partial charge in [-0.25, -0.2) is 4.39 Å². The number of nitrogens with zero attached hydrogens (tertiary/aromatic N) is 1. The summed E-state index contributed by atoms with van der Waals surface area (Å²) in [7, 11) is 0. The monoisotopic (exact) mass is 386 g/mol. The summed E-state index contributed by atoms with van der Waals surface area (Å²) in [5.74, 6) is -0.0482. The molecule has 1 fully saturated rings. The summed E-state index contributed by atoms with van der Waals surface area (Å²) in [4.78, 5) is 26.1. The van der Waals surface area contributed by atoms with E-state index in [1.165, 1.54) is 17.8 Å². The van der Waals surface area contributed by atoms with Crippen molar-refractivity contribution in [2.45, 2.75) is 38.5 Å². The van der Waals surface area contributed by atoms with E-state index in [2.05, 4.69) is 5.32 Å². The molecule has 0 aromatic heterocycles. The molecule has 2 amide bonds. The van der Waals surface area contributed by atoms with Gasteiger partial charge in [0.25, 0.3) is 0 Å². The highest BCUT2D eigenvalue weighted by atomic mass is 32.2. The molecule has 1 aliphatic rings. The zero-order valence-electron chi connectivity index (χ0n) is 15.5. The summed E-state index contributed by atoms with van der Waals surface area (Å²) in [5, 5.41) is 2.67. The summed E-state index contributed by atoms with van der Waals surface area (Å²) in [6.45, 7) is 3.74. The van der Waals surface area contributed by atoms with Crippen LogP contribution in [-0.2, 0) is 9.59 Å². The Morgan fingerprint density at radius 1 is 1.30 bits per heavy atom. The Morgan fingerprint density at radius 3 is 2.85 bits per heavy atom. The number of aryl methyl sites for hydroxylation is 1. The fraction of sp³-hybridized carbons (Fsp3) is 0.333. The number of carbonyl (C=O) groups excluding carboxylic acids is 2. The Labute approximate surface area is 163 Å². The van der Waals surface area contributed by atoms with Crippen LogP contribution in [0.15, 0.2) is 42.5 Å². The van der Waals surface area contributed by atoms with E-state index in [0.717, 1.165) is 18.4 Å². The molecule has 0 spiro atoms. The first-order valence-corrected chi connectivity index (χ1v) is 10.1. The van der Waals surface area contributed by atoms with Gasteiger partial charge in [-0.3, -0.25) is 14.5 Å². The third-order valence-electron chi connectivity index (χ3n) is 4.51. The Kier molecular flexibility index (Phi) is 6.16. The van der Waals surface area contributed by atoms with Crippen LogP contribution in [0.5, 0.6) is 0 Å². The van der Waals surface area contributed by atoms with Crippen LogP contribution < -0.4 is 10.2 Å². The van der Waals surface area contributed by atoms with Crippen molar-refractivity contribution < 1.29 is 14.0 Å². The third kappa shape index (κ3) is 4.50. The van der Waals surface area contributed by atoms with Crippen LogP contribution in [0, 0.1) is 12.7 Å². The molecule has 0 unspecified atom stereocenters. The number of carbonyl (C=O) groups is 2. The van der Waals surface area contributed by atoms with E-state index in [9.17, 15) is 14.0 Å². The lowest BCUT2D eigenvalue weighted by atomic mass is 10.1. The van der Waals surface area contributed by atoms with Crippen LogP contribution in [0.3, 0.4) is 0 Å². The SMILES string of the molecule is CCCCC(=O)Nc1cccc([C@H]2SCC(=O)N2c2ccc(C)c(F)c2)c1. The molecule has 2 aromatic rings. The fourth-order valence-electron chi connectivity index (χ4n) is 3.01. The topological polar surface area (TPSA) is 49.4 Å². The second kappa shape index (κ2) is 8.57. The van der Waals surface area contributed by atoms with Gasteiger partial charge in [-0.2, -0.15) is 0 Å². The number of hydrogen-bond acceptors (Lipinski definition) is 3. The van der Waals surface area contributed by atoms with E-state index < -0.39 is 0 Å². The Balaban J connectivity index is 1.84. The van der Waals surface area contributed by atoms with E-state index in [1.807, 2.05) is 31.2 Å². The van der Waals surface area contributed by atoms with Crippen molar-refractivity contribution in [1.29, 1.82) is 0 Å². The zero-order valence-corrected chi connectivity index (χ0v) is 16.3. The molecule has 1 saturated heterocycles. The Hall–Kier alpha value is -2.34. The molecular weight excluding hydrogens is 363 g/mol. The molecule has 0 radical (unpaired) electrons. The van der Waals surface area contributed by atoms with E-state index in [1.54, 1.807) is 24.0 Å². The molecule has 1 aliphatic heterocycles. The first kappa shape index (κ1) is 19.4. The van der Waals surface area contributed by atoms with Gasteiger partial charge in [-0.15, -0.1) is 11.8 Å². The number of thioether (sulfide) groups is 1. The standard InChI is InChI=1S/C21H23FN2O2S/c1-3-4-8-19(25)23-16-7-5-6-15(11-16)21-24(20(26)13-27-21)17-10-9-14(2)18(22)12-17/h5-7,9-12,21H,3-4,8,13H2,1-2H3,(H,23,25)/t21-/m1/s1. The lowest BCUT2D eigenvalue weighted by Crippen LogP contribution is -2.28. The second-order valence-electron chi connectivity index (χ2n) is 6.64. The van der Waals surface area contributed by atoms with Crippen molar-refractivity contribution in [3.8, 4) is 0 Å². The van der Waals surface area contributed by atoms with Gasteiger partial charge < -0.3 is 5.32 Å². The molecular formula is C21H23FN2O2S. The molecule has 27 heavy (non-hydrogen) atoms. The number of anilines is 2. The highest BCUT2D eigenvalue weighted by Gasteiger charge is 2.34. The number of amides is 2. The summed E-state index contributed by atoms with van der Waals surface area (Å²) in [6.07, 6.45) is 2.31. The summed E-state index contributed by atoms with van der Waals surface area (Å²) in [6, 6.07) is 12.4. The van der Waals surface area contributed by atoms with Gasteiger partial charge in [-0.1, -0.05) is 31.5 Å². The zero-order chi connectivity index (χ0) is 19.4. The first-order chi connectivity index (χ1) is 13.0. The highest BCUT2D eigenvalue weighted by molar-refractivity contribution is 8.00. The Bertz CT molecular complexity index is 856. The van der Waals surface area contributed by atoms with Crippen molar-refractivity contribution in [1.82, 2.24) is 0 Å². The maximum absolute atomic E-state index is 14.0. The lowest BCUT2D eigenvalue weighted by molar-refractivity contribution is -0.117. The van der Waals surface area contributed by atoms with E-state index in [-0.39, 0.29) is 23.0 Å². The van der Waals surface area contributed by atoms with Gasteiger partial charge in [0.2, 0.25) is 11.8 Å². The van der Waals surface area contributed by atoms with Crippen LogP contribution in [-0.4, -0.2) is 17.6 Å². The van der Waals surface area contributed by atoms with Gasteiger partial charge in [-0.05, 0) is 48.7 Å². The van der Waals surface area contributed by atoms with Crippen molar-refractivity contribution >= 4 is 35.0 Å².